The van der Waals surface area contributed by atoms with Gasteiger partial charge < -0.3 is 4.57 Å². The fourth-order valence-electron chi connectivity index (χ4n) is 3.46. The van der Waals surface area contributed by atoms with Crippen molar-refractivity contribution >= 4 is 23.7 Å². The molecule has 0 radical (unpaired) electrons. The number of amides is 1. The lowest BCUT2D eigenvalue weighted by atomic mass is 10.1. The van der Waals surface area contributed by atoms with Crippen molar-refractivity contribution in [1.82, 2.24) is 14.9 Å². The molecule has 0 atom stereocenters. The first-order valence-electron chi connectivity index (χ1n) is 9.04. The highest BCUT2D eigenvalue weighted by Crippen LogP contribution is 2.22. The molecule has 0 unspecified atom stereocenters. The molecule has 138 valence electrons. The van der Waals surface area contributed by atoms with Crippen LogP contribution in [0.2, 0.25) is 5.02 Å². The highest BCUT2D eigenvalue weighted by Gasteiger charge is 2.13. The van der Waals surface area contributed by atoms with E-state index in [9.17, 15) is 4.79 Å². The number of aryl methyl sites for hydroxylation is 1. The van der Waals surface area contributed by atoms with Crippen LogP contribution in [0.25, 0.3) is 5.69 Å². The number of nitrogens with zero attached hydrogens (tertiary/aromatic N) is 3. The van der Waals surface area contributed by atoms with Crippen molar-refractivity contribution in [1.29, 1.82) is 0 Å². The summed E-state index contributed by atoms with van der Waals surface area (Å²) in [5.41, 5.74) is 6.77. The minimum absolute atomic E-state index is 0.0631. The van der Waals surface area contributed by atoms with Crippen molar-refractivity contribution < 1.29 is 4.79 Å². The van der Waals surface area contributed by atoms with Crippen LogP contribution < -0.4 is 5.43 Å². The van der Waals surface area contributed by atoms with Gasteiger partial charge in [0.2, 0.25) is 0 Å². The second-order valence-corrected chi connectivity index (χ2v) is 7.21. The van der Waals surface area contributed by atoms with Gasteiger partial charge >= 0.3 is 0 Å². The first-order chi connectivity index (χ1) is 12.5. The van der Waals surface area contributed by atoms with Crippen LogP contribution in [-0.4, -0.2) is 41.2 Å². The molecule has 0 spiro atoms. The van der Waals surface area contributed by atoms with Gasteiger partial charge in [0.1, 0.15) is 0 Å². The fraction of sp³-hybridized carbons (Fsp3) is 0.400. The van der Waals surface area contributed by atoms with Crippen molar-refractivity contribution in [3.63, 3.8) is 0 Å². The summed E-state index contributed by atoms with van der Waals surface area (Å²) in [6.07, 6.45) is 5.31. The maximum absolute atomic E-state index is 12.0. The molecule has 6 heteroatoms. The molecule has 26 heavy (non-hydrogen) atoms. The van der Waals surface area contributed by atoms with E-state index >= 15 is 0 Å². The Balaban J connectivity index is 1.65. The van der Waals surface area contributed by atoms with E-state index < -0.39 is 0 Å². The number of benzene rings is 1. The molecule has 0 bridgehead atoms. The van der Waals surface area contributed by atoms with Gasteiger partial charge in [-0.2, -0.15) is 5.10 Å². The zero-order valence-corrected chi connectivity index (χ0v) is 16.1. The average molecular weight is 373 g/mol. The van der Waals surface area contributed by atoms with E-state index in [0.29, 0.717) is 11.6 Å². The van der Waals surface area contributed by atoms with E-state index in [1.807, 2.05) is 38.1 Å². The molecule has 2 heterocycles. The zero-order valence-electron chi connectivity index (χ0n) is 15.3. The van der Waals surface area contributed by atoms with Crippen molar-refractivity contribution in [3.8, 4) is 5.69 Å². The summed E-state index contributed by atoms with van der Waals surface area (Å²) in [4.78, 5) is 14.2. The topological polar surface area (TPSA) is 49.6 Å². The van der Waals surface area contributed by atoms with E-state index in [1.165, 1.54) is 19.3 Å². The van der Waals surface area contributed by atoms with Crippen LogP contribution in [0, 0.1) is 13.8 Å². The quantitative estimate of drug-likeness (QED) is 0.642. The highest BCUT2D eigenvalue weighted by molar-refractivity contribution is 6.30. The maximum Gasteiger partial charge on any atom is 0.254 e. The predicted molar refractivity (Wildman–Crippen MR) is 106 cm³/mol. The molecule has 1 fully saturated rings. The number of carbonyl (C=O) groups excluding carboxylic acids is 1. The minimum Gasteiger partial charge on any atom is -0.318 e. The first-order valence-corrected chi connectivity index (χ1v) is 9.41. The van der Waals surface area contributed by atoms with E-state index in [4.69, 9.17) is 11.6 Å². The Morgan fingerprint density at radius 3 is 2.73 bits per heavy atom. The van der Waals surface area contributed by atoms with E-state index in [0.717, 1.165) is 35.7 Å². The Kier molecular flexibility index (Phi) is 6.12. The van der Waals surface area contributed by atoms with Crippen molar-refractivity contribution in [2.45, 2.75) is 33.1 Å². The summed E-state index contributed by atoms with van der Waals surface area (Å²) in [6, 6.07) is 9.80. The Labute approximate surface area is 159 Å². The van der Waals surface area contributed by atoms with Crippen LogP contribution in [0.3, 0.4) is 0 Å². The Morgan fingerprint density at radius 2 is 2.00 bits per heavy atom. The SMILES string of the molecule is Cc1cc(/C=N/NC(=O)CN2CCCCC2)c(C)n1-c1cccc(Cl)c1. The molecule has 1 aromatic heterocycles. The molecule has 0 saturated carbocycles. The van der Waals surface area contributed by atoms with Crippen LogP contribution >= 0.6 is 11.6 Å². The number of rotatable bonds is 5. The number of hydrogen-bond donors (Lipinski definition) is 1. The fourth-order valence-corrected chi connectivity index (χ4v) is 3.65. The first kappa shape index (κ1) is 18.7. The monoisotopic (exact) mass is 372 g/mol. The van der Waals surface area contributed by atoms with Crippen molar-refractivity contribution in [2.75, 3.05) is 19.6 Å². The van der Waals surface area contributed by atoms with Gasteiger partial charge in [-0.3, -0.25) is 9.69 Å². The summed E-state index contributed by atoms with van der Waals surface area (Å²) in [5.74, 6) is -0.0631. The number of hydrogen-bond acceptors (Lipinski definition) is 3. The Morgan fingerprint density at radius 1 is 1.23 bits per heavy atom. The summed E-state index contributed by atoms with van der Waals surface area (Å²) in [6.45, 7) is 6.49. The van der Waals surface area contributed by atoms with Crippen LogP contribution in [0.5, 0.6) is 0 Å². The molecule has 1 aliphatic rings. The summed E-state index contributed by atoms with van der Waals surface area (Å²) < 4.78 is 2.13. The largest absolute Gasteiger partial charge is 0.318 e. The maximum atomic E-state index is 12.0. The number of halogens is 1. The molecular weight excluding hydrogens is 348 g/mol. The normalized spacial score (nSPS) is 15.5. The molecular formula is C20H25ClN4O. The smallest absolute Gasteiger partial charge is 0.254 e. The molecule has 1 aliphatic heterocycles. The molecule has 0 aliphatic carbocycles. The summed E-state index contributed by atoms with van der Waals surface area (Å²) in [5, 5.41) is 4.85. The summed E-state index contributed by atoms with van der Waals surface area (Å²) >= 11 is 6.11. The van der Waals surface area contributed by atoms with Crippen molar-refractivity contribution in [3.05, 3.63) is 52.3 Å². The molecule has 1 saturated heterocycles. The third-order valence-corrected chi connectivity index (χ3v) is 4.98. The van der Waals surface area contributed by atoms with Gasteiger partial charge in [0.15, 0.2) is 0 Å². The molecule has 5 nitrogen and oxygen atoms in total. The minimum atomic E-state index is -0.0631. The summed E-state index contributed by atoms with van der Waals surface area (Å²) in [7, 11) is 0. The highest BCUT2D eigenvalue weighted by atomic mass is 35.5. The lowest BCUT2D eigenvalue weighted by Crippen LogP contribution is -2.38. The van der Waals surface area contributed by atoms with E-state index in [-0.39, 0.29) is 5.91 Å². The molecule has 1 N–H and O–H groups in total. The lowest BCUT2D eigenvalue weighted by molar-refractivity contribution is -0.122. The van der Waals surface area contributed by atoms with Gasteiger partial charge in [-0.1, -0.05) is 24.1 Å². The average Bonchev–Trinajstić information content (AvgIpc) is 2.89. The Bertz CT molecular complexity index is 806. The number of nitrogens with one attached hydrogen (secondary N) is 1. The van der Waals surface area contributed by atoms with Crippen LogP contribution in [0.4, 0.5) is 0 Å². The lowest BCUT2D eigenvalue weighted by Gasteiger charge is -2.25. The van der Waals surface area contributed by atoms with Gasteiger partial charge in [0.05, 0.1) is 12.8 Å². The number of carbonyl (C=O) groups is 1. The second-order valence-electron chi connectivity index (χ2n) is 6.77. The van der Waals surface area contributed by atoms with Crippen LogP contribution in [0.15, 0.2) is 35.4 Å². The number of likely N-dealkylation sites (tertiary alicyclic amines) is 1. The van der Waals surface area contributed by atoms with Gasteiger partial charge in [0.25, 0.3) is 5.91 Å². The molecule has 3 rings (SSSR count). The van der Waals surface area contributed by atoms with Crippen LogP contribution in [-0.2, 0) is 4.79 Å². The van der Waals surface area contributed by atoms with Gasteiger partial charge in [-0.25, -0.2) is 5.43 Å². The molecule has 1 amide bonds. The second kappa shape index (κ2) is 8.52. The standard InChI is InChI=1S/C20H25ClN4O/c1-15-11-17(16(2)25(15)19-8-6-7-18(21)12-19)13-22-23-20(26)14-24-9-4-3-5-10-24/h6-8,11-13H,3-5,9-10,14H2,1-2H3,(H,23,26)/b22-13+. The number of hydrazone groups is 1. The van der Waals surface area contributed by atoms with E-state index in [1.54, 1.807) is 6.21 Å². The number of piperidine rings is 1. The van der Waals surface area contributed by atoms with Gasteiger partial charge in [0, 0.05) is 27.7 Å². The predicted octanol–water partition coefficient (Wildman–Crippen LogP) is 3.68. The van der Waals surface area contributed by atoms with Gasteiger partial charge in [-0.15, -0.1) is 0 Å². The molecule has 2 aromatic rings. The zero-order chi connectivity index (χ0) is 18.5. The van der Waals surface area contributed by atoms with E-state index in [2.05, 4.69) is 26.1 Å². The third-order valence-electron chi connectivity index (χ3n) is 4.75. The third kappa shape index (κ3) is 4.54. The number of aromatic nitrogens is 1. The van der Waals surface area contributed by atoms with Crippen molar-refractivity contribution in [2.24, 2.45) is 5.10 Å². The Hall–Kier alpha value is -2.11. The van der Waals surface area contributed by atoms with Crippen LogP contribution in [0.1, 0.15) is 36.2 Å². The molecule has 1 aromatic carbocycles. The van der Waals surface area contributed by atoms with Gasteiger partial charge in [-0.05, 0) is 64.0 Å².